The highest BCUT2D eigenvalue weighted by Gasteiger charge is 2.50. The van der Waals surface area contributed by atoms with Crippen molar-refractivity contribution in [1.29, 1.82) is 0 Å². The van der Waals surface area contributed by atoms with Gasteiger partial charge in [0.25, 0.3) is 5.56 Å². The van der Waals surface area contributed by atoms with Gasteiger partial charge in [0.1, 0.15) is 13.2 Å². The summed E-state index contributed by atoms with van der Waals surface area (Å²) in [5.41, 5.74) is 12.6. The van der Waals surface area contributed by atoms with E-state index < -0.39 is 30.0 Å². The van der Waals surface area contributed by atoms with Gasteiger partial charge in [-0.2, -0.15) is 0 Å². The van der Waals surface area contributed by atoms with E-state index in [9.17, 15) is 24.0 Å². The second kappa shape index (κ2) is 36.2. The van der Waals surface area contributed by atoms with Crippen LogP contribution in [0.5, 0.6) is 0 Å². The molecule has 23 heteroatoms. The molecule has 2 aromatic heterocycles. The first-order chi connectivity index (χ1) is 41.0. The Labute approximate surface area is 498 Å². The molecule has 1 atom stereocenters. The molecule has 0 radical (unpaired) electrons. The van der Waals surface area contributed by atoms with Gasteiger partial charge in [-0.05, 0) is 63.3 Å². The van der Waals surface area contributed by atoms with Crippen LogP contribution >= 0.6 is 0 Å². The molecule has 23 nitrogen and oxygen atoms in total. The molecule has 468 valence electrons. The highest BCUT2D eigenvalue weighted by Crippen LogP contribution is 2.41. The summed E-state index contributed by atoms with van der Waals surface area (Å²) in [7, 11) is 0. The Hall–Kier alpha value is -5.02. The van der Waals surface area contributed by atoms with Crippen molar-refractivity contribution in [2.45, 2.75) is 109 Å². The number of nitrogens with zero attached hydrogens (tertiary/aromatic N) is 6. The number of hydrogen-bond donors (Lipinski definition) is 10. The molecule has 3 aromatic rings. The van der Waals surface area contributed by atoms with E-state index in [1.807, 2.05) is 30.3 Å². The van der Waals surface area contributed by atoms with Gasteiger partial charge in [0, 0.05) is 199 Å². The van der Waals surface area contributed by atoms with Crippen molar-refractivity contribution in [2.75, 3.05) is 170 Å². The van der Waals surface area contributed by atoms with Gasteiger partial charge in [0.05, 0.1) is 29.0 Å². The summed E-state index contributed by atoms with van der Waals surface area (Å²) in [6, 6.07) is 12.8. The van der Waals surface area contributed by atoms with Gasteiger partial charge in [0.2, 0.25) is 17.4 Å². The highest BCUT2D eigenvalue weighted by atomic mass is 16.6. The van der Waals surface area contributed by atoms with Crippen molar-refractivity contribution in [3.05, 3.63) is 63.4 Å². The molecule has 2 amide bonds. The molecule has 0 spiro atoms. The lowest BCUT2D eigenvalue weighted by atomic mass is 9.85. The normalized spacial score (nSPS) is 16.7. The summed E-state index contributed by atoms with van der Waals surface area (Å²) in [5.74, 6) is -2.48. The molecule has 2 aliphatic heterocycles. The summed E-state index contributed by atoms with van der Waals surface area (Å²) in [6.07, 6.45) is 8.63. The third-order valence-electron chi connectivity index (χ3n) is 17.0. The number of para-hydroxylation sites is 1. The quantitative estimate of drug-likeness (QED) is 0.0203. The Balaban J connectivity index is 0.881. The van der Waals surface area contributed by atoms with Crippen molar-refractivity contribution in [3.63, 3.8) is 0 Å². The number of aromatic nitrogens is 2. The van der Waals surface area contributed by atoms with Crippen LogP contribution in [0.2, 0.25) is 0 Å². The smallest absolute Gasteiger partial charge is 0.355 e. The fraction of sp³-hybridized carbons (Fsp3) is 0.705. The zero-order valence-electron chi connectivity index (χ0n) is 50.7. The molecule has 0 unspecified atom stereocenters. The maximum Gasteiger partial charge on any atom is 0.355 e. The summed E-state index contributed by atoms with van der Waals surface area (Å²) in [5, 5.41) is 28.2. The molecule has 1 aromatic carbocycles. The van der Waals surface area contributed by atoms with Crippen LogP contribution in [0.4, 0.5) is 0 Å². The first kappa shape index (κ1) is 66.5. The minimum absolute atomic E-state index is 0.0139. The molecular formula is C61H102N16O7. The van der Waals surface area contributed by atoms with Gasteiger partial charge < -0.3 is 72.9 Å². The van der Waals surface area contributed by atoms with E-state index in [1.54, 1.807) is 17.6 Å². The van der Waals surface area contributed by atoms with E-state index in [0.717, 1.165) is 160 Å². The number of fused-ring (bicyclic) bond motifs is 5. The minimum atomic E-state index is -1.91. The zero-order chi connectivity index (χ0) is 59.4. The highest BCUT2D eigenvalue weighted by molar-refractivity contribution is 5.90. The number of pyridine rings is 2. The van der Waals surface area contributed by atoms with Gasteiger partial charge in [-0.3, -0.25) is 33.9 Å². The maximum absolute atomic E-state index is 14.0. The second-order valence-corrected chi connectivity index (χ2v) is 22.9. The lowest BCUT2D eigenvalue weighted by Crippen LogP contribution is -2.48. The molecule has 2 aliphatic carbocycles. The summed E-state index contributed by atoms with van der Waals surface area (Å²) < 4.78 is 13.0. The van der Waals surface area contributed by atoms with Gasteiger partial charge in [-0.1, -0.05) is 44.9 Å². The lowest BCUT2D eigenvalue weighted by molar-refractivity contribution is -0.189. The average molecular weight is 1170 g/mol. The molecule has 84 heavy (non-hydrogen) atoms. The number of hydrogen-bond acceptors (Lipinski definition) is 20. The van der Waals surface area contributed by atoms with Crippen molar-refractivity contribution < 1.29 is 28.7 Å². The predicted octanol–water partition coefficient (Wildman–Crippen LogP) is -0.179. The molecule has 4 heterocycles. The van der Waals surface area contributed by atoms with E-state index in [0.29, 0.717) is 56.2 Å². The van der Waals surface area contributed by atoms with Gasteiger partial charge in [-0.15, -0.1) is 0 Å². The minimum Gasteiger partial charge on any atom is -0.457 e. The Morgan fingerprint density at radius 1 is 0.679 bits per heavy atom. The Morgan fingerprint density at radius 3 is 1.89 bits per heavy atom. The number of nitrogens with one attached hydrogen (secondary N) is 8. The number of carbonyl (C=O) groups excluding carboxylic acids is 4. The second-order valence-electron chi connectivity index (χ2n) is 22.9. The van der Waals surface area contributed by atoms with E-state index >= 15 is 0 Å². The third kappa shape index (κ3) is 20.3. The van der Waals surface area contributed by atoms with Gasteiger partial charge >= 0.3 is 11.9 Å². The summed E-state index contributed by atoms with van der Waals surface area (Å²) in [4.78, 5) is 82.2. The van der Waals surface area contributed by atoms with E-state index in [4.69, 9.17) is 25.9 Å². The van der Waals surface area contributed by atoms with E-state index in [-0.39, 0.29) is 48.5 Å². The topological polar surface area (TPSA) is 283 Å². The zero-order valence-corrected chi connectivity index (χ0v) is 50.7. The lowest BCUT2D eigenvalue weighted by Gasteiger charge is -2.37. The number of carbonyl (C=O) groups is 4. The van der Waals surface area contributed by atoms with Crippen molar-refractivity contribution in [1.82, 2.24) is 71.7 Å². The molecular weight excluding hydrogens is 1070 g/mol. The van der Waals surface area contributed by atoms with Gasteiger partial charge in [0.15, 0.2) is 0 Å². The average Bonchev–Trinajstić information content (AvgIpc) is 1.72. The predicted molar refractivity (Wildman–Crippen MR) is 331 cm³/mol. The van der Waals surface area contributed by atoms with Crippen LogP contribution in [0.3, 0.4) is 0 Å². The van der Waals surface area contributed by atoms with Crippen LogP contribution in [0, 0.1) is 0 Å². The number of ether oxygens (including phenoxy) is 2. The van der Waals surface area contributed by atoms with Crippen LogP contribution < -0.4 is 59.6 Å². The fourth-order valence-corrected chi connectivity index (χ4v) is 11.5. The number of rotatable bonds is 45. The van der Waals surface area contributed by atoms with Crippen molar-refractivity contribution >= 4 is 34.7 Å². The summed E-state index contributed by atoms with van der Waals surface area (Å²) in [6.45, 7) is 24.9. The molecule has 2 fully saturated rings. The molecule has 12 N–H and O–H groups in total. The van der Waals surface area contributed by atoms with Crippen LogP contribution in [0.1, 0.15) is 94.7 Å². The van der Waals surface area contributed by atoms with Crippen molar-refractivity contribution in [2.24, 2.45) is 11.5 Å². The molecule has 2 saturated carbocycles. The number of benzene rings is 1. The van der Waals surface area contributed by atoms with E-state index in [1.165, 1.54) is 38.5 Å². The maximum atomic E-state index is 14.0. The van der Waals surface area contributed by atoms with Crippen LogP contribution in [0.15, 0.2) is 41.2 Å². The largest absolute Gasteiger partial charge is 0.457 e. The number of esters is 2. The monoisotopic (exact) mass is 1170 g/mol. The standard InChI is InChI=1S/C61H102N16O7/c1-3-31-73(32-18-63)33-25-67-26-35-74(36-27-68-29-39-76(50-12-8-13-50)38-28-64-19-17-62)40-41-75(34-24-66-21-20-65-22-23-69-49-10-7-11-49)37-30-70-55(78)15-16-56(79)71-44-57(80)84-61(4-2)52-43-54-58-48(42-47-9-5-6-14-53(47)72-58)45-77(54)59(81)51(52)46-83-60(61)82/h5-6,9,14,42-43,49-50,64-69H,3-4,7-8,10-13,15-41,44-46,62-63H2,1-2H3,(H,70,78)(H,71,79)/t61-/m0/s1. The number of cyclic esters (lactones) is 1. The Kier molecular flexibility index (Phi) is 28.7. The van der Waals surface area contributed by atoms with Crippen molar-refractivity contribution in [3.8, 4) is 11.4 Å². The molecule has 0 bridgehead atoms. The van der Waals surface area contributed by atoms with Crippen LogP contribution in [-0.2, 0) is 47.4 Å². The third-order valence-corrected chi connectivity index (χ3v) is 17.0. The number of amides is 2. The Morgan fingerprint density at radius 2 is 1.27 bits per heavy atom. The molecule has 4 aliphatic rings. The van der Waals surface area contributed by atoms with Crippen LogP contribution in [0.25, 0.3) is 22.3 Å². The first-order valence-electron chi connectivity index (χ1n) is 31.7. The Bertz CT molecular complexity index is 2560. The summed E-state index contributed by atoms with van der Waals surface area (Å²) >= 11 is 0. The van der Waals surface area contributed by atoms with Gasteiger partial charge in [-0.25, -0.2) is 9.78 Å². The molecule has 7 rings (SSSR count). The van der Waals surface area contributed by atoms with Crippen LogP contribution in [-0.4, -0.2) is 235 Å². The molecule has 0 saturated heterocycles. The first-order valence-corrected chi connectivity index (χ1v) is 31.7. The fourth-order valence-electron chi connectivity index (χ4n) is 11.5. The number of nitrogens with two attached hydrogens (primary N) is 2. The van der Waals surface area contributed by atoms with E-state index in [2.05, 4.69) is 69.1 Å². The SMILES string of the molecule is CCCN(CCN)CCNCCN(CCNCCN(CCNCCN)C1CCC1)CCN(CCNCCNCCNC1CCC1)CCNC(=O)CCC(=O)NCC(=O)O[C@]1(CC)C(=O)OCc2c1cc1n(c2=O)Cc2cc3ccccc3nc2-1.